The van der Waals surface area contributed by atoms with E-state index in [0.717, 1.165) is 6.42 Å². The number of hydrogen-bond acceptors (Lipinski definition) is 4. The summed E-state index contributed by atoms with van der Waals surface area (Å²) in [6.45, 7) is 8.31. The summed E-state index contributed by atoms with van der Waals surface area (Å²) < 4.78 is 5.68. The second-order valence-electron chi connectivity index (χ2n) is 7.20. The van der Waals surface area contributed by atoms with Crippen LogP contribution in [-0.2, 0) is 14.3 Å². The predicted octanol–water partition coefficient (Wildman–Crippen LogP) is 0.744. The number of nitrogens with one attached hydrogen (secondary N) is 1. The van der Waals surface area contributed by atoms with Crippen LogP contribution < -0.4 is 11.1 Å². The summed E-state index contributed by atoms with van der Waals surface area (Å²) in [6, 6.07) is -0.410. The molecular weight excluding hydrogens is 272 g/mol. The van der Waals surface area contributed by atoms with Crippen LogP contribution in [0.15, 0.2) is 0 Å². The van der Waals surface area contributed by atoms with Gasteiger partial charge in [-0.25, -0.2) is 0 Å². The van der Waals surface area contributed by atoms with Crippen LogP contribution in [0.5, 0.6) is 0 Å². The number of carbonyl (C=O) groups is 2. The quantitative estimate of drug-likeness (QED) is 0.695. The highest BCUT2D eigenvalue weighted by Gasteiger charge is 2.71. The molecule has 1 heterocycles. The van der Waals surface area contributed by atoms with E-state index in [1.54, 1.807) is 0 Å². The Morgan fingerprint density at radius 3 is 2.57 bits per heavy atom. The standard InChI is InChI=1S/C15H26N2O4/c1-8(2)10(7-11(18)19)17-13(20)15(16)9-5-6-21-12(9)14(15,3)4/h8-10,12H,5-7,16H2,1-4H3,(H,17,20)(H,18,19). The molecule has 120 valence electrons. The van der Waals surface area contributed by atoms with Gasteiger partial charge in [-0.1, -0.05) is 27.7 Å². The Morgan fingerprint density at radius 2 is 2.05 bits per heavy atom. The summed E-state index contributed by atoms with van der Waals surface area (Å²) in [5, 5.41) is 11.8. The molecule has 1 aliphatic heterocycles. The van der Waals surface area contributed by atoms with Crippen molar-refractivity contribution in [3.05, 3.63) is 0 Å². The highest BCUT2D eigenvalue weighted by Crippen LogP contribution is 2.58. The van der Waals surface area contributed by atoms with Gasteiger partial charge in [0.05, 0.1) is 12.5 Å². The topological polar surface area (TPSA) is 102 Å². The highest BCUT2D eigenvalue weighted by molar-refractivity contribution is 5.90. The van der Waals surface area contributed by atoms with E-state index in [0.29, 0.717) is 6.61 Å². The zero-order chi connectivity index (χ0) is 16.0. The van der Waals surface area contributed by atoms with E-state index in [1.165, 1.54) is 0 Å². The van der Waals surface area contributed by atoms with E-state index >= 15 is 0 Å². The molecule has 4 atom stereocenters. The van der Waals surface area contributed by atoms with E-state index in [-0.39, 0.29) is 30.3 Å². The van der Waals surface area contributed by atoms with E-state index in [1.807, 2.05) is 27.7 Å². The van der Waals surface area contributed by atoms with Gasteiger partial charge in [-0.05, 0) is 12.3 Å². The van der Waals surface area contributed by atoms with Gasteiger partial charge >= 0.3 is 5.97 Å². The number of hydrogen-bond donors (Lipinski definition) is 3. The monoisotopic (exact) mass is 298 g/mol. The van der Waals surface area contributed by atoms with E-state index < -0.39 is 23.0 Å². The molecule has 2 aliphatic rings. The van der Waals surface area contributed by atoms with Crippen LogP contribution in [0.1, 0.15) is 40.5 Å². The van der Waals surface area contributed by atoms with E-state index in [9.17, 15) is 9.59 Å². The van der Waals surface area contributed by atoms with Crippen molar-refractivity contribution in [3.8, 4) is 0 Å². The number of nitrogens with two attached hydrogens (primary N) is 1. The van der Waals surface area contributed by atoms with Gasteiger partial charge in [-0.2, -0.15) is 0 Å². The number of fused-ring (bicyclic) bond motifs is 1. The van der Waals surface area contributed by atoms with Crippen molar-refractivity contribution < 1.29 is 19.4 Å². The van der Waals surface area contributed by atoms with Gasteiger partial charge in [0, 0.05) is 24.0 Å². The summed E-state index contributed by atoms with van der Waals surface area (Å²) >= 11 is 0. The number of carbonyl (C=O) groups excluding carboxylic acids is 1. The minimum atomic E-state index is -0.986. The number of ether oxygens (including phenoxy) is 1. The Hall–Kier alpha value is -1.14. The maximum atomic E-state index is 12.7. The zero-order valence-electron chi connectivity index (χ0n) is 13.2. The SMILES string of the molecule is CC(C)C(CC(=O)O)NC(=O)C1(N)C2CCOC2C1(C)C. The Kier molecular flexibility index (Phi) is 4.06. The van der Waals surface area contributed by atoms with Crippen LogP contribution in [0.4, 0.5) is 0 Å². The minimum Gasteiger partial charge on any atom is -0.481 e. The van der Waals surface area contributed by atoms with Crippen molar-refractivity contribution in [2.45, 2.75) is 58.2 Å². The summed E-state index contributed by atoms with van der Waals surface area (Å²) in [4.78, 5) is 23.7. The van der Waals surface area contributed by atoms with Gasteiger partial charge in [0.1, 0.15) is 5.54 Å². The van der Waals surface area contributed by atoms with Gasteiger partial charge < -0.3 is 20.9 Å². The predicted molar refractivity (Wildman–Crippen MR) is 77.6 cm³/mol. The Labute approximate surface area is 125 Å². The smallest absolute Gasteiger partial charge is 0.305 e. The molecule has 0 aromatic heterocycles. The Bertz CT molecular complexity index is 449. The van der Waals surface area contributed by atoms with Gasteiger partial charge in [0.2, 0.25) is 5.91 Å². The molecule has 1 amide bonds. The van der Waals surface area contributed by atoms with Crippen molar-refractivity contribution in [3.63, 3.8) is 0 Å². The molecule has 6 nitrogen and oxygen atoms in total. The maximum Gasteiger partial charge on any atom is 0.305 e. The molecule has 0 bridgehead atoms. The fourth-order valence-electron chi connectivity index (χ4n) is 3.77. The highest BCUT2D eigenvalue weighted by atomic mass is 16.5. The van der Waals surface area contributed by atoms with Crippen LogP contribution in [0.2, 0.25) is 0 Å². The largest absolute Gasteiger partial charge is 0.481 e. The molecule has 1 aliphatic carbocycles. The molecule has 2 fully saturated rings. The summed E-state index contributed by atoms with van der Waals surface area (Å²) in [6.07, 6.45) is 0.707. The summed E-state index contributed by atoms with van der Waals surface area (Å²) in [5.74, 6) is -1.12. The zero-order valence-corrected chi connectivity index (χ0v) is 13.2. The van der Waals surface area contributed by atoms with E-state index in [2.05, 4.69) is 5.32 Å². The fraction of sp³-hybridized carbons (Fsp3) is 0.867. The second kappa shape index (κ2) is 5.25. The Morgan fingerprint density at radius 1 is 1.43 bits per heavy atom. The number of rotatable bonds is 5. The van der Waals surface area contributed by atoms with Crippen LogP contribution >= 0.6 is 0 Å². The third-order valence-electron chi connectivity index (χ3n) is 5.35. The first kappa shape index (κ1) is 16.2. The molecule has 0 aromatic rings. The fourth-order valence-corrected chi connectivity index (χ4v) is 3.77. The molecule has 1 saturated heterocycles. The molecule has 4 N–H and O–H groups in total. The number of aliphatic carboxylic acids is 1. The molecule has 0 radical (unpaired) electrons. The molecule has 2 rings (SSSR count). The van der Waals surface area contributed by atoms with Crippen molar-refractivity contribution in [2.24, 2.45) is 23.0 Å². The average Bonchev–Trinajstić information content (AvgIpc) is 2.84. The van der Waals surface area contributed by atoms with Crippen LogP contribution in [0.25, 0.3) is 0 Å². The molecule has 1 saturated carbocycles. The Balaban J connectivity index is 2.13. The lowest BCUT2D eigenvalue weighted by atomic mass is 9.48. The molecule has 0 spiro atoms. The van der Waals surface area contributed by atoms with Crippen molar-refractivity contribution in [2.75, 3.05) is 6.61 Å². The lowest BCUT2D eigenvalue weighted by Gasteiger charge is -2.60. The molecule has 0 aromatic carbocycles. The van der Waals surface area contributed by atoms with Gasteiger partial charge in [0.25, 0.3) is 0 Å². The minimum absolute atomic E-state index is 0.0186. The molecule has 4 unspecified atom stereocenters. The first-order chi connectivity index (χ1) is 9.62. The van der Waals surface area contributed by atoms with E-state index in [4.69, 9.17) is 15.6 Å². The molecule has 6 heteroatoms. The van der Waals surface area contributed by atoms with Gasteiger partial charge in [-0.15, -0.1) is 0 Å². The van der Waals surface area contributed by atoms with Crippen LogP contribution in [0, 0.1) is 17.3 Å². The lowest BCUT2D eigenvalue weighted by molar-refractivity contribution is -0.176. The van der Waals surface area contributed by atoms with Crippen molar-refractivity contribution in [1.82, 2.24) is 5.32 Å². The first-order valence-corrected chi connectivity index (χ1v) is 7.55. The molecular formula is C15H26N2O4. The number of amides is 1. The molecule has 21 heavy (non-hydrogen) atoms. The van der Waals surface area contributed by atoms with Crippen LogP contribution in [0.3, 0.4) is 0 Å². The van der Waals surface area contributed by atoms with Crippen molar-refractivity contribution >= 4 is 11.9 Å². The van der Waals surface area contributed by atoms with Crippen LogP contribution in [-0.4, -0.2) is 41.3 Å². The number of carboxylic acids is 1. The first-order valence-electron chi connectivity index (χ1n) is 7.55. The number of carboxylic acid groups (broad SMARTS) is 1. The lowest BCUT2D eigenvalue weighted by Crippen LogP contribution is -2.80. The summed E-state index contributed by atoms with van der Waals surface area (Å²) in [7, 11) is 0. The van der Waals surface area contributed by atoms with Gasteiger partial charge in [-0.3, -0.25) is 9.59 Å². The average molecular weight is 298 g/mol. The second-order valence-corrected chi connectivity index (χ2v) is 7.20. The van der Waals surface area contributed by atoms with Gasteiger partial charge in [0.15, 0.2) is 0 Å². The third-order valence-corrected chi connectivity index (χ3v) is 5.35. The maximum absolute atomic E-state index is 12.7. The third kappa shape index (κ3) is 2.34. The normalized spacial score (nSPS) is 35.0. The summed E-state index contributed by atoms with van der Waals surface area (Å²) in [5.41, 5.74) is 5.02. The van der Waals surface area contributed by atoms with Crippen molar-refractivity contribution in [1.29, 1.82) is 0 Å².